The SMILES string of the molecule is COc1cccc(NC(=O)[C@@H](N[C@@H](c2ccccc2)c2ccco2)c2ccccc2)c1. The summed E-state index contributed by atoms with van der Waals surface area (Å²) >= 11 is 0. The number of carbonyl (C=O) groups excluding carboxylic acids is 1. The van der Waals surface area contributed by atoms with Crippen molar-refractivity contribution in [2.75, 3.05) is 12.4 Å². The Kier molecular flexibility index (Phi) is 6.45. The fraction of sp³-hybridized carbons (Fsp3) is 0.115. The molecule has 1 aromatic heterocycles. The van der Waals surface area contributed by atoms with Crippen molar-refractivity contribution in [1.29, 1.82) is 0 Å². The van der Waals surface area contributed by atoms with E-state index in [-0.39, 0.29) is 11.9 Å². The van der Waals surface area contributed by atoms with E-state index in [0.29, 0.717) is 11.4 Å². The molecule has 3 aromatic carbocycles. The van der Waals surface area contributed by atoms with Crippen LogP contribution in [0.5, 0.6) is 5.75 Å². The second-order valence-electron chi connectivity index (χ2n) is 7.09. The van der Waals surface area contributed by atoms with Crippen molar-refractivity contribution in [2.24, 2.45) is 0 Å². The van der Waals surface area contributed by atoms with Crippen LogP contribution in [0.2, 0.25) is 0 Å². The molecule has 2 atom stereocenters. The van der Waals surface area contributed by atoms with Crippen LogP contribution in [0.1, 0.15) is 29.0 Å². The van der Waals surface area contributed by atoms with Gasteiger partial charge in [0.15, 0.2) is 0 Å². The molecule has 0 spiro atoms. The van der Waals surface area contributed by atoms with E-state index >= 15 is 0 Å². The number of methoxy groups -OCH3 is 1. The van der Waals surface area contributed by atoms with Crippen molar-refractivity contribution in [1.82, 2.24) is 5.32 Å². The average molecular weight is 412 g/mol. The van der Waals surface area contributed by atoms with Crippen molar-refractivity contribution in [2.45, 2.75) is 12.1 Å². The third-order valence-corrected chi connectivity index (χ3v) is 5.03. The van der Waals surface area contributed by atoms with E-state index < -0.39 is 6.04 Å². The highest BCUT2D eigenvalue weighted by Crippen LogP contribution is 2.28. The number of hydrogen-bond acceptors (Lipinski definition) is 4. The van der Waals surface area contributed by atoms with Gasteiger partial charge in [-0.15, -0.1) is 0 Å². The molecule has 0 radical (unpaired) electrons. The number of rotatable bonds is 8. The number of nitrogens with one attached hydrogen (secondary N) is 2. The highest BCUT2D eigenvalue weighted by molar-refractivity contribution is 5.95. The summed E-state index contributed by atoms with van der Waals surface area (Å²) in [5.74, 6) is 1.24. The Morgan fingerprint density at radius 2 is 1.55 bits per heavy atom. The smallest absolute Gasteiger partial charge is 0.246 e. The highest BCUT2D eigenvalue weighted by Gasteiger charge is 2.27. The van der Waals surface area contributed by atoms with Crippen molar-refractivity contribution >= 4 is 11.6 Å². The predicted octanol–water partition coefficient (Wildman–Crippen LogP) is 5.35. The molecule has 2 N–H and O–H groups in total. The lowest BCUT2D eigenvalue weighted by Gasteiger charge is -2.25. The first-order valence-corrected chi connectivity index (χ1v) is 10.1. The fourth-order valence-electron chi connectivity index (χ4n) is 3.49. The van der Waals surface area contributed by atoms with Gasteiger partial charge in [0.05, 0.1) is 19.4 Å². The van der Waals surface area contributed by atoms with Crippen molar-refractivity contribution in [3.05, 3.63) is 120 Å². The van der Waals surface area contributed by atoms with Crippen molar-refractivity contribution < 1.29 is 13.9 Å². The molecule has 4 rings (SSSR count). The Labute approximate surface area is 181 Å². The summed E-state index contributed by atoms with van der Waals surface area (Å²) in [5.41, 5.74) is 2.53. The molecule has 0 bridgehead atoms. The van der Waals surface area contributed by atoms with E-state index in [1.54, 1.807) is 19.4 Å². The predicted molar refractivity (Wildman–Crippen MR) is 121 cm³/mol. The van der Waals surface area contributed by atoms with Crippen LogP contribution < -0.4 is 15.4 Å². The number of carbonyl (C=O) groups is 1. The minimum Gasteiger partial charge on any atom is -0.497 e. The number of furan rings is 1. The normalized spacial score (nSPS) is 12.7. The second kappa shape index (κ2) is 9.78. The minimum atomic E-state index is -0.609. The first kappa shape index (κ1) is 20.4. The van der Waals surface area contributed by atoms with Gasteiger partial charge in [-0.25, -0.2) is 0 Å². The maximum absolute atomic E-state index is 13.4. The molecule has 156 valence electrons. The number of hydrogen-bond donors (Lipinski definition) is 2. The zero-order valence-electron chi connectivity index (χ0n) is 17.2. The highest BCUT2D eigenvalue weighted by atomic mass is 16.5. The van der Waals surface area contributed by atoms with Gasteiger partial charge >= 0.3 is 0 Å². The van der Waals surface area contributed by atoms with Gasteiger partial charge in [-0.3, -0.25) is 10.1 Å². The zero-order chi connectivity index (χ0) is 21.5. The first-order chi connectivity index (χ1) is 15.2. The summed E-state index contributed by atoms with van der Waals surface area (Å²) in [6.45, 7) is 0. The molecular weight excluding hydrogens is 388 g/mol. The van der Waals surface area contributed by atoms with E-state index in [1.807, 2.05) is 91.0 Å². The molecule has 0 aliphatic rings. The number of anilines is 1. The van der Waals surface area contributed by atoms with Crippen LogP contribution in [0.15, 0.2) is 108 Å². The summed E-state index contributed by atoms with van der Waals surface area (Å²) in [6, 6.07) is 29.8. The third-order valence-electron chi connectivity index (χ3n) is 5.03. The van der Waals surface area contributed by atoms with Gasteiger partial charge in [0, 0.05) is 11.8 Å². The molecule has 5 heteroatoms. The van der Waals surface area contributed by atoms with Crippen LogP contribution in [0.25, 0.3) is 0 Å². The number of ether oxygens (including phenoxy) is 1. The molecule has 0 unspecified atom stereocenters. The monoisotopic (exact) mass is 412 g/mol. The van der Waals surface area contributed by atoms with Gasteiger partial charge < -0.3 is 14.5 Å². The average Bonchev–Trinajstić information content (AvgIpc) is 3.35. The summed E-state index contributed by atoms with van der Waals surface area (Å²) < 4.78 is 11.0. The molecule has 5 nitrogen and oxygen atoms in total. The van der Waals surface area contributed by atoms with Crippen LogP contribution in [0.3, 0.4) is 0 Å². The summed E-state index contributed by atoms with van der Waals surface area (Å²) in [4.78, 5) is 13.4. The maximum Gasteiger partial charge on any atom is 0.246 e. The van der Waals surface area contributed by atoms with Crippen molar-refractivity contribution in [3.63, 3.8) is 0 Å². The summed E-state index contributed by atoms with van der Waals surface area (Å²) in [5, 5.41) is 6.51. The lowest BCUT2D eigenvalue weighted by Crippen LogP contribution is -2.36. The zero-order valence-corrected chi connectivity index (χ0v) is 17.2. The molecule has 0 saturated carbocycles. The molecule has 31 heavy (non-hydrogen) atoms. The van der Waals surface area contributed by atoms with Gasteiger partial charge in [0.1, 0.15) is 17.6 Å². The van der Waals surface area contributed by atoms with Crippen LogP contribution in [0.4, 0.5) is 5.69 Å². The molecule has 0 aliphatic carbocycles. The second-order valence-corrected chi connectivity index (χ2v) is 7.09. The Morgan fingerprint density at radius 3 is 2.19 bits per heavy atom. The molecule has 0 fully saturated rings. The Balaban J connectivity index is 1.66. The summed E-state index contributed by atoms with van der Waals surface area (Å²) in [7, 11) is 1.60. The molecule has 0 aliphatic heterocycles. The Bertz CT molecular complexity index is 1100. The largest absolute Gasteiger partial charge is 0.497 e. The number of amides is 1. The van der Waals surface area contributed by atoms with Crippen molar-refractivity contribution in [3.8, 4) is 5.75 Å². The van der Waals surface area contributed by atoms with Crippen LogP contribution in [-0.2, 0) is 4.79 Å². The lowest BCUT2D eigenvalue weighted by atomic mass is 10.00. The van der Waals surface area contributed by atoms with E-state index in [9.17, 15) is 4.79 Å². The van der Waals surface area contributed by atoms with Gasteiger partial charge in [0.25, 0.3) is 0 Å². The van der Waals surface area contributed by atoms with E-state index in [4.69, 9.17) is 9.15 Å². The van der Waals surface area contributed by atoms with Gasteiger partial charge in [-0.1, -0.05) is 66.7 Å². The van der Waals surface area contributed by atoms with Gasteiger partial charge in [-0.05, 0) is 35.4 Å². The van der Waals surface area contributed by atoms with E-state index in [1.165, 1.54) is 0 Å². The molecule has 1 amide bonds. The first-order valence-electron chi connectivity index (χ1n) is 10.1. The molecule has 1 heterocycles. The minimum absolute atomic E-state index is 0.174. The van der Waals surface area contributed by atoms with Gasteiger partial charge in [-0.2, -0.15) is 0 Å². The standard InChI is InChI=1S/C26H24N2O3/c1-30-22-15-8-14-21(18-22)27-26(29)25(20-12-6-3-7-13-20)28-24(23-16-9-17-31-23)19-10-4-2-5-11-19/h2-18,24-25,28H,1H3,(H,27,29)/t24-,25-/m0/s1. The topological polar surface area (TPSA) is 63.5 Å². The fourth-order valence-corrected chi connectivity index (χ4v) is 3.49. The quantitative estimate of drug-likeness (QED) is 0.410. The van der Waals surface area contributed by atoms with Crippen LogP contribution >= 0.6 is 0 Å². The summed E-state index contributed by atoms with van der Waals surface area (Å²) in [6.07, 6.45) is 1.64. The van der Waals surface area contributed by atoms with Crippen LogP contribution in [0, 0.1) is 0 Å². The van der Waals surface area contributed by atoms with E-state index in [0.717, 1.165) is 16.9 Å². The van der Waals surface area contributed by atoms with Gasteiger partial charge in [0.2, 0.25) is 5.91 Å². The number of benzene rings is 3. The van der Waals surface area contributed by atoms with Crippen LogP contribution in [-0.4, -0.2) is 13.0 Å². The maximum atomic E-state index is 13.4. The Hall–Kier alpha value is -3.83. The lowest BCUT2D eigenvalue weighted by molar-refractivity contribution is -0.118. The molecular formula is C26H24N2O3. The molecule has 0 saturated heterocycles. The molecule has 4 aromatic rings. The van der Waals surface area contributed by atoms with E-state index in [2.05, 4.69) is 10.6 Å². The Morgan fingerprint density at radius 1 is 0.839 bits per heavy atom. The third kappa shape index (κ3) is 5.02.